The van der Waals surface area contributed by atoms with E-state index in [-0.39, 0.29) is 17.6 Å². The van der Waals surface area contributed by atoms with Crippen LogP contribution in [0.25, 0.3) is 10.8 Å². The number of aromatic hydroxyl groups is 1. The Kier molecular flexibility index (Phi) is 4.87. The molecule has 0 unspecified atom stereocenters. The number of ether oxygens (including phenoxy) is 1. The van der Waals surface area contributed by atoms with Gasteiger partial charge in [0, 0.05) is 29.5 Å². The van der Waals surface area contributed by atoms with Gasteiger partial charge in [0.2, 0.25) is 5.43 Å². The van der Waals surface area contributed by atoms with Crippen molar-refractivity contribution in [3.05, 3.63) is 106 Å². The fourth-order valence-corrected chi connectivity index (χ4v) is 6.89. The summed E-state index contributed by atoms with van der Waals surface area (Å²) in [4.78, 5) is 28.8. The van der Waals surface area contributed by atoms with Crippen LogP contribution in [-0.2, 0) is 10.5 Å². The van der Waals surface area contributed by atoms with Gasteiger partial charge in [-0.25, -0.2) is 0 Å². The Bertz CT molecular complexity index is 1600. The molecule has 4 aromatic rings. The van der Waals surface area contributed by atoms with Crippen molar-refractivity contribution in [1.82, 2.24) is 9.58 Å². The summed E-state index contributed by atoms with van der Waals surface area (Å²) < 4.78 is 7.55. The molecular formula is C28H23N3O4S. The molecule has 1 saturated heterocycles. The van der Waals surface area contributed by atoms with Crippen molar-refractivity contribution >= 4 is 28.4 Å². The number of benzene rings is 3. The summed E-state index contributed by atoms with van der Waals surface area (Å²) >= 11 is 1.80. The molecule has 7 nitrogen and oxygen atoms in total. The van der Waals surface area contributed by atoms with E-state index in [9.17, 15) is 14.7 Å². The van der Waals surface area contributed by atoms with Gasteiger partial charge in [-0.05, 0) is 33.5 Å². The number of fused-ring (bicyclic) bond motifs is 6. The minimum atomic E-state index is -0.565. The van der Waals surface area contributed by atoms with Crippen LogP contribution in [0, 0.1) is 0 Å². The molecule has 0 radical (unpaired) electrons. The lowest BCUT2D eigenvalue weighted by atomic mass is 9.90. The molecule has 0 spiro atoms. The third kappa shape index (κ3) is 3.04. The molecule has 1 amide bonds. The highest BCUT2D eigenvalue weighted by molar-refractivity contribution is 7.98. The van der Waals surface area contributed by atoms with Gasteiger partial charge in [-0.2, -0.15) is 0 Å². The summed E-state index contributed by atoms with van der Waals surface area (Å²) in [6.07, 6.45) is 1.20. The first-order valence-corrected chi connectivity index (χ1v) is 13.0. The van der Waals surface area contributed by atoms with E-state index in [1.54, 1.807) is 27.5 Å². The molecule has 8 heteroatoms. The van der Waals surface area contributed by atoms with Crippen LogP contribution in [0.1, 0.15) is 33.2 Å². The van der Waals surface area contributed by atoms with Gasteiger partial charge in [-0.3, -0.25) is 19.3 Å². The number of carbonyl (C=O) groups is 1. The molecule has 4 heterocycles. The molecule has 2 atom stereocenters. The molecule has 7 rings (SSSR count). The van der Waals surface area contributed by atoms with Crippen LogP contribution in [0.2, 0.25) is 0 Å². The number of carbonyl (C=O) groups excluding carboxylic acids is 1. The largest absolute Gasteiger partial charge is 0.502 e. The number of morpholine rings is 1. The minimum absolute atomic E-state index is 0.00243. The summed E-state index contributed by atoms with van der Waals surface area (Å²) in [7, 11) is 0. The molecule has 36 heavy (non-hydrogen) atoms. The molecule has 0 aliphatic carbocycles. The molecule has 3 aromatic carbocycles. The topological polar surface area (TPSA) is 75.0 Å². The molecule has 1 aromatic heterocycles. The van der Waals surface area contributed by atoms with Gasteiger partial charge in [-0.1, -0.05) is 54.6 Å². The van der Waals surface area contributed by atoms with Crippen LogP contribution >= 0.6 is 11.8 Å². The first kappa shape index (κ1) is 21.5. The summed E-state index contributed by atoms with van der Waals surface area (Å²) in [5.74, 6) is -0.0679. The number of amides is 1. The van der Waals surface area contributed by atoms with E-state index < -0.39 is 17.3 Å². The van der Waals surface area contributed by atoms with Gasteiger partial charge in [0.1, 0.15) is 6.17 Å². The second-order valence-corrected chi connectivity index (χ2v) is 10.3. The number of thioether (sulfide) groups is 1. The Morgan fingerprint density at radius 2 is 1.78 bits per heavy atom. The van der Waals surface area contributed by atoms with E-state index in [0.29, 0.717) is 19.8 Å². The number of hydrogen-bond donors (Lipinski definition) is 1. The van der Waals surface area contributed by atoms with E-state index in [2.05, 4.69) is 47.5 Å². The first-order chi connectivity index (χ1) is 17.6. The number of nitrogens with zero attached hydrogens (tertiary/aromatic N) is 3. The van der Waals surface area contributed by atoms with Crippen molar-refractivity contribution in [3.8, 4) is 5.75 Å². The number of hydrogen-bond acceptors (Lipinski definition) is 6. The summed E-state index contributed by atoms with van der Waals surface area (Å²) in [5, 5.41) is 15.3. The minimum Gasteiger partial charge on any atom is -0.502 e. The summed E-state index contributed by atoms with van der Waals surface area (Å²) in [6, 6.07) is 22.1. The lowest BCUT2D eigenvalue weighted by Gasteiger charge is -2.51. The lowest BCUT2D eigenvalue weighted by Crippen LogP contribution is -2.66. The van der Waals surface area contributed by atoms with Crippen LogP contribution in [-0.4, -0.2) is 46.5 Å². The lowest BCUT2D eigenvalue weighted by molar-refractivity contribution is -0.0197. The SMILES string of the molecule is O=C1c2c(O)c(=O)ccn2N([C@@H]2c3ccccc3SCc3c2ccc2ccccc32)[C@@H]2COCCN12. The van der Waals surface area contributed by atoms with Gasteiger partial charge >= 0.3 is 0 Å². The Morgan fingerprint density at radius 1 is 0.944 bits per heavy atom. The fourth-order valence-electron chi connectivity index (χ4n) is 5.74. The van der Waals surface area contributed by atoms with Gasteiger partial charge in [0.25, 0.3) is 5.91 Å². The molecule has 1 N–H and O–H groups in total. The molecule has 0 saturated carbocycles. The van der Waals surface area contributed by atoms with Crippen LogP contribution < -0.4 is 10.4 Å². The first-order valence-electron chi connectivity index (χ1n) is 12.0. The van der Waals surface area contributed by atoms with Gasteiger partial charge in [-0.15, -0.1) is 11.8 Å². The third-order valence-electron chi connectivity index (χ3n) is 7.40. The normalized spacial score (nSPS) is 20.8. The molecule has 180 valence electrons. The number of pyridine rings is 1. The predicted octanol–water partition coefficient (Wildman–Crippen LogP) is 3.85. The van der Waals surface area contributed by atoms with Crippen LogP contribution in [0.4, 0.5) is 0 Å². The Hall–Kier alpha value is -3.75. The van der Waals surface area contributed by atoms with Crippen molar-refractivity contribution in [3.63, 3.8) is 0 Å². The Balaban J connectivity index is 1.55. The molecule has 0 bridgehead atoms. The summed E-state index contributed by atoms with van der Waals surface area (Å²) in [5.41, 5.74) is 2.92. The average Bonchev–Trinajstić information content (AvgIpc) is 3.08. The summed E-state index contributed by atoms with van der Waals surface area (Å²) in [6.45, 7) is 1.12. The Morgan fingerprint density at radius 3 is 2.69 bits per heavy atom. The second kappa shape index (κ2) is 8.15. The number of rotatable bonds is 1. The van der Waals surface area contributed by atoms with Gasteiger partial charge in [0.05, 0.1) is 19.3 Å². The van der Waals surface area contributed by atoms with E-state index in [4.69, 9.17) is 4.74 Å². The van der Waals surface area contributed by atoms with Crippen molar-refractivity contribution in [2.24, 2.45) is 0 Å². The van der Waals surface area contributed by atoms with Gasteiger partial charge in [0.15, 0.2) is 11.4 Å². The fraction of sp³-hybridized carbons (Fsp3) is 0.214. The highest BCUT2D eigenvalue weighted by Gasteiger charge is 2.45. The molecule has 3 aliphatic heterocycles. The number of aromatic nitrogens is 1. The van der Waals surface area contributed by atoms with E-state index in [0.717, 1.165) is 21.8 Å². The van der Waals surface area contributed by atoms with Gasteiger partial charge < -0.3 is 14.7 Å². The molecule has 3 aliphatic rings. The van der Waals surface area contributed by atoms with E-state index >= 15 is 0 Å². The quantitative estimate of drug-likeness (QED) is 0.431. The third-order valence-corrected chi connectivity index (χ3v) is 8.51. The van der Waals surface area contributed by atoms with E-state index in [1.165, 1.54) is 22.4 Å². The van der Waals surface area contributed by atoms with Crippen LogP contribution in [0.5, 0.6) is 5.75 Å². The maximum atomic E-state index is 13.5. The zero-order valence-electron chi connectivity index (χ0n) is 19.3. The smallest absolute Gasteiger partial charge is 0.278 e. The van der Waals surface area contributed by atoms with Crippen molar-refractivity contribution in [2.75, 3.05) is 24.8 Å². The maximum Gasteiger partial charge on any atom is 0.278 e. The highest BCUT2D eigenvalue weighted by atomic mass is 32.2. The van der Waals surface area contributed by atoms with E-state index in [1.807, 2.05) is 18.2 Å². The highest BCUT2D eigenvalue weighted by Crippen LogP contribution is 2.46. The van der Waals surface area contributed by atoms with Crippen molar-refractivity contribution in [1.29, 1.82) is 0 Å². The Labute approximate surface area is 211 Å². The van der Waals surface area contributed by atoms with Crippen LogP contribution in [0.3, 0.4) is 0 Å². The predicted molar refractivity (Wildman–Crippen MR) is 138 cm³/mol. The zero-order chi connectivity index (χ0) is 24.4. The second-order valence-electron chi connectivity index (χ2n) is 9.24. The van der Waals surface area contributed by atoms with Crippen molar-refractivity contribution < 1.29 is 14.6 Å². The van der Waals surface area contributed by atoms with Crippen molar-refractivity contribution in [2.45, 2.75) is 22.9 Å². The standard InChI is InChI=1S/C28H23N3O4S/c32-22-11-12-30-26(27(22)33)28(34)29-13-14-35-15-24(29)31(30)25-19-10-9-17-5-1-2-6-18(17)21(19)16-36-23-8-4-3-7-20(23)25/h1-12,24-25,33H,13-16H2/t24-,25+/m1/s1. The monoisotopic (exact) mass is 497 g/mol. The van der Waals surface area contributed by atoms with Crippen LogP contribution in [0.15, 0.2) is 82.6 Å². The molecular weight excluding hydrogens is 474 g/mol. The maximum absolute atomic E-state index is 13.5. The zero-order valence-corrected chi connectivity index (χ0v) is 20.1. The average molecular weight is 498 g/mol. The molecule has 1 fully saturated rings.